The van der Waals surface area contributed by atoms with Crippen LogP contribution in [0.15, 0.2) is 47.1 Å². The molecule has 2 aromatic rings. The minimum absolute atomic E-state index is 0.0935. The lowest BCUT2D eigenvalue weighted by molar-refractivity contribution is -0.0605. The zero-order valence-corrected chi connectivity index (χ0v) is 18.2. The molecular formula is C24H31FN2O5. The molecule has 2 aliphatic rings. The average Bonchev–Trinajstić information content (AvgIpc) is 3.45. The second kappa shape index (κ2) is 11.0. The monoisotopic (exact) mass is 446 g/mol. The molecule has 174 valence electrons. The highest BCUT2D eigenvalue weighted by molar-refractivity contribution is 5.94. The fourth-order valence-electron chi connectivity index (χ4n) is 3.97. The second-order valence-corrected chi connectivity index (χ2v) is 8.66. The van der Waals surface area contributed by atoms with Crippen LogP contribution in [0.4, 0.5) is 4.39 Å². The molecule has 1 saturated carbocycles. The molecular weight excluding hydrogens is 415 g/mol. The SMILES string of the molecule is O=C(c1ccc(F)cc1)N(CC1CC1)C[C@H]1CN(C[C@H](O)COCc2ccco2)CCO1. The number of β-amino-alcohol motifs (C(OH)–C–C–N with tert-alkyl or cyclic N) is 1. The Bertz CT molecular complexity index is 841. The Labute approximate surface area is 187 Å². The zero-order valence-electron chi connectivity index (χ0n) is 18.2. The number of ether oxygens (including phenoxy) is 2. The summed E-state index contributed by atoms with van der Waals surface area (Å²) in [5.41, 5.74) is 0.490. The molecule has 1 aliphatic carbocycles. The van der Waals surface area contributed by atoms with Crippen molar-refractivity contribution in [3.05, 3.63) is 59.8 Å². The zero-order chi connectivity index (χ0) is 22.3. The number of benzene rings is 1. The van der Waals surface area contributed by atoms with Crippen LogP contribution in [0.1, 0.15) is 29.0 Å². The molecule has 0 unspecified atom stereocenters. The van der Waals surface area contributed by atoms with Crippen LogP contribution in [0.2, 0.25) is 0 Å². The Morgan fingerprint density at radius 2 is 2.06 bits per heavy atom. The summed E-state index contributed by atoms with van der Waals surface area (Å²) in [6, 6.07) is 9.33. The van der Waals surface area contributed by atoms with E-state index in [1.807, 2.05) is 11.0 Å². The topological polar surface area (TPSA) is 75.4 Å². The molecule has 1 amide bonds. The summed E-state index contributed by atoms with van der Waals surface area (Å²) in [4.78, 5) is 17.0. The third-order valence-electron chi connectivity index (χ3n) is 5.80. The smallest absolute Gasteiger partial charge is 0.253 e. The highest BCUT2D eigenvalue weighted by atomic mass is 19.1. The van der Waals surface area contributed by atoms with E-state index in [0.717, 1.165) is 25.1 Å². The van der Waals surface area contributed by atoms with E-state index in [1.54, 1.807) is 12.3 Å². The van der Waals surface area contributed by atoms with Gasteiger partial charge in [-0.1, -0.05) is 0 Å². The number of aliphatic hydroxyl groups excluding tert-OH is 1. The van der Waals surface area contributed by atoms with Gasteiger partial charge in [-0.25, -0.2) is 4.39 Å². The van der Waals surface area contributed by atoms with E-state index in [4.69, 9.17) is 13.9 Å². The molecule has 0 radical (unpaired) electrons. The van der Waals surface area contributed by atoms with Gasteiger partial charge in [0.1, 0.15) is 18.2 Å². The minimum atomic E-state index is -0.618. The van der Waals surface area contributed by atoms with Gasteiger partial charge in [-0.15, -0.1) is 0 Å². The number of amides is 1. The fraction of sp³-hybridized carbons (Fsp3) is 0.542. The van der Waals surface area contributed by atoms with Crippen LogP contribution in [-0.2, 0) is 16.1 Å². The third kappa shape index (κ3) is 6.87. The van der Waals surface area contributed by atoms with Crippen LogP contribution >= 0.6 is 0 Å². The summed E-state index contributed by atoms with van der Waals surface area (Å²) < 4.78 is 29.9. The Hall–Kier alpha value is -2.26. The first-order valence-electron chi connectivity index (χ1n) is 11.2. The van der Waals surface area contributed by atoms with Crippen LogP contribution in [0, 0.1) is 11.7 Å². The molecule has 1 aromatic carbocycles. The van der Waals surface area contributed by atoms with E-state index in [9.17, 15) is 14.3 Å². The van der Waals surface area contributed by atoms with Crippen molar-refractivity contribution in [2.75, 3.05) is 45.9 Å². The average molecular weight is 447 g/mol. The van der Waals surface area contributed by atoms with Gasteiger partial charge in [0.15, 0.2) is 0 Å². The quantitative estimate of drug-likeness (QED) is 0.572. The lowest BCUT2D eigenvalue weighted by atomic mass is 10.1. The lowest BCUT2D eigenvalue weighted by Gasteiger charge is -2.36. The highest BCUT2D eigenvalue weighted by Crippen LogP contribution is 2.30. The van der Waals surface area contributed by atoms with Crippen molar-refractivity contribution in [1.82, 2.24) is 9.80 Å². The Balaban J connectivity index is 1.26. The molecule has 2 heterocycles. The maximum Gasteiger partial charge on any atom is 0.253 e. The standard InChI is InChI=1S/C24H31FN2O5/c25-20-7-5-19(6-8-20)24(29)27(12-18-3-4-18)15-23-14-26(9-11-32-23)13-21(28)16-30-17-22-2-1-10-31-22/h1-2,5-8,10,18,21,23,28H,3-4,9,11-17H2/t21-,23+/m0/s1. The Morgan fingerprint density at radius 3 is 2.78 bits per heavy atom. The van der Waals surface area contributed by atoms with E-state index >= 15 is 0 Å². The summed E-state index contributed by atoms with van der Waals surface area (Å²) in [6.07, 6.45) is 3.11. The van der Waals surface area contributed by atoms with Crippen LogP contribution < -0.4 is 0 Å². The molecule has 0 spiro atoms. The number of furan rings is 1. The summed E-state index contributed by atoms with van der Waals surface area (Å²) in [5, 5.41) is 10.4. The van der Waals surface area contributed by atoms with Crippen LogP contribution in [0.3, 0.4) is 0 Å². The third-order valence-corrected chi connectivity index (χ3v) is 5.80. The summed E-state index contributed by atoms with van der Waals surface area (Å²) >= 11 is 0. The number of morpholine rings is 1. The molecule has 1 aromatic heterocycles. The summed E-state index contributed by atoms with van der Waals surface area (Å²) in [7, 11) is 0. The van der Waals surface area contributed by atoms with Crippen molar-refractivity contribution < 1.29 is 28.2 Å². The van der Waals surface area contributed by atoms with E-state index in [-0.39, 0.29) is 24.4 Å². The van der Waals surface area contributed by atoms with Crippen molar-refractivity contribution in [3.63, 3.8) is 0 Å². The van der Waals surface area contributed by atoms with Crippen LogP contribution in [0.25, 0.3) is 0 Å². The maximum atomic E-state index is 13.3. The van der Waals surface area contributed by atoms with Crippen molar-refractivity contribution in [3.8, 4) is 0 Å². The van der Waals surface area contributed by atoms with Crippen molar-refractivity contribution in [2.45, 2.75) is 31.7 Å². The molecule has 4 rings (SSSR count). The van der Waals surface area contributed by atoms with Crippen molar-refractivity contribution >= 4 is 5.91 Å². The van der Waals surface area contributed by atoms with Gasteiger partial charge < -0.3 is 23.9 Å². The van der Waals surface area contributed by atoms with E-state index in [1.165, 1.54) is 24.3 Å². The van der Waals surface area contributed by atoms with Gasteiger partial charge in [0, 0.05) is 38.3 Å². The first-order valence-corrected chi connectivity index (χ1v) is 11.2. The van der Waals surface area contributed by atoms with Gasteiger partial charge in [0.25, 0.3) is 5.91 Å². The molecule has 8 heteroatoms. The number of carbonyl (C=O) groups is 1. The summed E-state index contributed by atoms with van der Waals surface area (Å²) in [5.74, 6) is 0.815. The number of aliphatic hydroxyl groups is 1. The number of hydrogen-bond acceptors (Lipinski definition) is 6. The van der Waals surface area contributed by atoms with Gasteiger partial charge in [-0.2, -0.15) is 0 Å². The van der Waals surface area contributed by atoms with Gasteiger partial charge in [-0.3, -0.25) is 9.69 Å². The van der Waals surface area contributed by atoms with Gasteiger partial charge in [-0.05, 0) is 55.2 Å². The van der Waals surface area contributed by atoms with E-state index < -0.39 is 6.10 Å². The molecule has 2 fully saturated rings. The molecule has 1 aliphatic heterocycles. The first kappa shape index (κ1) is 22.9. The van der Waals surface area contributed by atoms with Crippen LogP contribution in [0.5, 0.6) is 0 Å². The van der Waals surface area contributed by atoms with Gasteiger partial charge in [0.2, 0.25) is 0 Å². The number of halogens is 1. The van der Waals surface area contributed by atoms with Gasteiger partial charge >= 0.3 is 0 Å². The summed E-state index contributed by atoms with van der Waals surface area (Å²) in [6.45, 7) is 4.11. The van der Waals surface area contributed by atoms with Crippen molar-refractivity contribution in [1.29, 1.82) is 0 Å². The highest BCUT2D eigenvalue weighted by Gasteiger charge is 2.31. The first-order chi connectivity index (χ1) is 15.6. The van der Waals surface area contributed by atoms with Gasteiger partial charge in [0.05, 0.1) is 31.7 Å². The molecule has 1 N–H and O–H groups in total. The second-order valence-electron chi connectivity index (χ2n) is 8.66. The predicted molar refractivity (Wildman–Crippen MR) is 116 cm³/mol. The Morgan fingerprint density at radius 1 is 1.25 bits per heavy atom. The molecule has 32 heavy (non-hydrogen) atoms. The van der Waals surface area contributed by atoms with Crippen molar-refractivity contribution in [2.24, 2.45) is 5.92 Å². The van der Waals surface area contributed by atoms with E-state index in [0.29, 0.717) is 50.9 Å². The lowest BCUT2D eigenvalue weighted by Crippen LogP contribution is -2.51. The normalized spacial score (nSPS) is 20.2. The number of rotatable bonds is 11. The number of nitrogens with zero attached hydrogens (tertiary/aromatic N) is 2. The number of hydrogen-bond donors (Lipinski definition) is 1. The molecule has 1 saturated heterocycles. The molecule has 0 bridgehead atoms. The molecule has 7 nitrogen and oxygen atoms in total. The molecule has 2 atom stereocenters. The fourth-order valence-corrected chi connectivity index (χ4v) is 3.97. The Kier molecular flexibility index (Phi) is 7.91. The predicted octanol–water partition coefficient (Wildman–Crippen LogP) is 2.55. The largest absolute Gasteiger partial charge is 0.467 e. The van der Waals surface area contributed by atoms with Crippen LogP contribution in [-0.4, -0.2) is 79.0 Å². The van der Waals surface area contributed by atoms with E-state index in [2.05, 4.69) is 4.90 Å². The maximum absolute atomic E-state index is 13.3. The minimum Gasteiger partial charge on any atom is -0.467 e. The number of carbonyl (C=O) groups excluding carboxylic acids is 1.